The number of nitrogens with zero attached hydrogens (tertiary/aromatic N) is 4. The fraction of sp³-hybridized carbons (Fsp3) is 0.154. The summed E-state index contributed by atoms with van der Waals surface area (Å²) in [6.45, 7) is 0.730. The fourth-order valence-electron chi connectivity index (χ4n) is 1.68. The van der Waals surface area contributed by atoms with Gasteiger partial charge in [0, 0.05) is 15.1 Å². The lowest BCUT2D eigenvalue weighted by atomic mass is 10.2. The van der Waals surface area contributed by atoms with Crippen LogP contribution in [0.25, 0.3) is 0 Å². The Morgan fingerprint density at radius 3 is 2.80 bits per heavy atom. The third-order valence-corrected chi connectivity index (χ3v) is 5.08. The first kappa shape index (κ1) is 13.8. The Kier molecular flexibility index (Phi) is 4.49. The van der Waals surface area contributed by atoms with Crippen molar-refractivity contribution in [1.29, 1.82) is 0 Å². The van der Waals surface area contributed by atoms with Crippen molar-refractivity contribution >= 4 is 39.0 Å². The van der Waals surface area contributed by atoms with Crippen molar-refractivity contribution in [3.8, 4) is 0 Å². The van der Waals surface area contributed by atoms with Crippen LogP contribution < -0.4 is 0 Å². The number of tetrazole rings is 1. The highest BCUT2D eigenvalue weighted by molar-refractivity contribution is 9.10. The van der Waals surface area contributed by atoms with E-state index in [1.165, 1.54) is 10.4 Å². The largest absolute Gasteiger partial charge is 0.215 e. The Labute approximate surface area is 133 Å². The number of thiophene rings is 1. The molecule has 0 unspecified atom stereocenters. The number of rotatable bonds is 5. The molecular formula is C13H11BrN4S2. The van der Waals surface area contributed by atoms with E-state index < -0.39 is 0 Å². The van der Waals surface area contributed by atoms with Crippen LogP contribution in [0.1, 0.15) is 10.4 Å². The molecule has 0 aliphatic carbocycles. The molecule has 1 aromatic carbocycles. The van der Waals surface area contributed by atoms with Gasteiger partial charge >= 0.3 is 0 Å². The molecule has 3 rings (SSSR count). The molecule has 0 saturated carbocycles. The molecule has 2 heterocycles. The maximum Gasteiger partial charge on any atom is 0.209 e. The minimum atomic E-state index is 0.730. The maximum atomic E-state index is 4.09. The van der Waals surface area contributed by atoms with Gasteiger partial charge in [0.05, 0.1) is 6.54 Å². The Bertz CT molecular complexity index is 664. The zero-order valence-electron chi connectivity index (χ0n) is 10.4. The summed E-state index contributed by atoms with van der Waals surface area (Å²) >= 11 is 6.80. The molecule has 3 aromatic rings. The molecule has 0 radical (unpaired) electrons. The summed E-state index contributed by atoms with van der Waals surface area (Å²) in [4.78, 5) is 1.25. The summed E-state index contributed by atoms with van der Waals surface area (Å²) in [5.41, 5.74) is 1.25. The number of halogens is 1. The van der Waals surface area contributed by atoms with E-state index in [-0.39, 0.29) is 0 Å². The molecule has 102 valence electrons. The first-order valence-electron chi connectivity index (χ1n) is 5.97. The predicted octanol–water partition coefficient (Wildman–Crippen LogP) is 3.84. The van der Waals surface area contributed by atoms with Crippen LogP contribution in [0.2, 0.25) is 0 Å². The van der Waals surface area contributed by atoms with E-state index in [1.54, 1.807) is 23.1 Å². The third-order valence-electron chi connectivity index (χ3n) is 2.67. The molecule has 20 heavy (non-hydrogen) atoms. The number of hydrogen-bond acceptors (Lipinski definition) is 5. The number of hydrogen-bond donors (Lipinski definition) is 0. The smallest absolute Gasteiger partial charge is 0.209 e. The molecule has 0 spiro atoms. The van der Waals surface area contributed by atoms with E-state index in [4.69, 9.17) is 0 Å². The highest BCUT2D eigenvalue weighted by Crippen LogP contribution is 2.22. The lowest BCUT2D eigenvalue weighted by Crippen LogP contribution is -2.02. The fourth-order valence-corrected chi connectivity index (χ4v) is 3.46. The zero-order valence-corrected chi connectivity index (χ0v) is 13.7. The minimum absolute atomic E-state index is 0.730. The van der Waals surface area contributed by atoms with Gasteiger partial charge in [-0.05, 0) is 39.6 Å². The molecule has 4 nitrogen and oxygen atoms in total. The van der Waals surface area contributed by atoms with Crippen molar-refractivity contribution in [2.45, 2.75) is 17.5 Å². The van der Waals surface area contributed by atoms with Gasteiger partial charge in [-0.2, -0.15) is 0 Å². The van der Waals surface area contributed by atoms with Crippen molar-refractivity contribution in [1.82, 2.24) is 20.2 Å². The van der Waals surface area contributed by atoms with Crippen molar-refractivity contribution in [3.05, 3.63) is 56.7 Å². The summed E-state index contributed by atoms with van der Waals surface area (Å²) in [7, 11) is 0. The summed E-state index contributed by atoms with van der Waals surface area (Å²) < 4.78 is 2.93. The highest BCUT2D eigenvalue weighted by atomic mass is 79.9. The van der Waals surface area contributed by atoms with E-state index in [1.807, 2.05) is 22.9 Å². The van der Waals surface area contributed by atoms with E-state index in [0.717, 1.165) is 21.9 Å². The van der Waals surface area contributed by atoms with Crippen molar-refractivity contribution in [3.63, 3.8) is 0 Å². The number of aromatic nitrogens is 4. The topological polar surface area (TPSA) is 43.6 Å². The Morgan fingerprint density at radius 2 is 2.05 bits per heavy atom. The second-order valence-electron chi connectivity index (χ2n) is 4.11. The lowest BCUT2D eigenvalue weighted by Gasteiger charge is -2.03. The molecule has 0 saturated heterocycles. The van der Waals surface area contributed by atoms with E-state index in [0.29, 0.717) is 0 Å². The van der Waals surface area contributed by atoms with E-state index >= 15 is 0 Å². The molecule has 0 N–H and O–H groups in total. The molecule has 0 atom stereocenters. The molecule has 0 amide bonds. The predicted molar refractivity (Wildman–Crippen MR) is 84.9 cm³/mol. The van der Waals surface area contributed by atoms with Crippen LogP contribution in [-0.2, 0) is 12.3 Å². The van der Waals surface area contributed by atoms with Crippen molar-refractivity contribution in [2.75, 3.05) is 0 Å². The molecule has 2 aromatic heterocycles. The molecular weight excluding hydrogens is 356 g/mol. The lowest BCUT2D eigenvalue weighted by molar-refractivity contribution is 0.608. The third kappa shape index (κ3) is 3.47. The van der Waals surface area contributed by atoms with Crippen LogP contribution in [0, 0.1) is 0 Å². The van der Waals surface area contributed by atoms with Gasteiger partial charge in [0.25, 0.3) is 0 Å². The first-order chi connectivity index (χ1) is 9.81. The van der Waals surface area contributed by atoms with Crippen molar-refractivity contribution < 1.29 is 0 Å². The van der Waals surface area contributed by atoms with Crippen molar-refractivity contribution in [2.24, 2.45) is 0 Å². The zero-order chi connectivity index (χ0) is 13.8. The second-order valence-corrected chi connectivity index (χ2v) is 7.00. The van der Waals surface area contributed by atoms with Crippen LogP contribution in [-0.4, -0.2) is 20.2 Å². The van der Waals surface area contributed by atoms with Gasteiger partial charge in [-0.1, -0.05) is 45.9 Å². The number of thioether (sulfide) groups is 1. The van der Waals surface area contributed by atoms with Gasteiger partial charge in [0.15, 0.2) is 0 Å². The average Bonchev–Trinajstić information content (AvgIpc) is 3.11. The summed E-state index contributed by atoms with van der Waals surface area (Å²) in [6, 6.07) is 12.4. The molecule has 0 bridgehead atoms. The summed E-state index contributed by atoms with van der Waals surface area (Å²) in [5, 5.41) is 14.8. The maximum absolute atomic E-state index is 4.09. The SMILES string of the molecule is Brc1ccc(CSc2nnnn2Cc2cccs2)cc1. The number of benzene rings is 1. The first-order valence-corrected chi connectivity index (χ1v) is 8.63. The van der Waals surface area contributed by atoms with E-state index in [9.17, 15) is 0 Å². The van der Waals surface area contributed by atoms with Gasteiger partial charge in [0.1, 0.15) is 0 Å². The van der Waals surface area contributed by atoms with Crippen LogP contribution in [0.3, 0.4) is 0 Å². The van der Waals surface area contributed by atoms with Crippen LogP contribution in [0.4, 0.5) is 0 Å². The molecule has 0 aliphatic heterocycles. The Morgan fingerprint density at radius 1 is 1.20 bits per heavy atom. The van der Waals surface area contributed by atoms with Gasteiger partial charge in [-0.3, -0.25) is 0 Å². The Balaban J connectivity index is 1.66. The van der Waals surface area contributed by atoms with Crippen LogP contribution in [0.5, 0.6) is 0 Å². The normalized spacial score (nSPS) is 10.8. The van der Waals surface area contributed by atoms with Crippen LogP contribution >= 0.6 is 39.0 Å². The average molecular weight is 367 g/mol. The standard InChI is InChI=1S/C13H11BrN4S2/c14-11-5-3-10(4-6-11)9-20-13-15-16-17-18(13)8-12-2-1-7-19-12/h1-7H,8-9H2. The van der Waals surface area contributed by atoms with Gasteiger partial charge < -0.3 is 0 Å². The summed E-state index contributed by atoms with van der Waals surface area (Å²) in [5.74, 6) is 0.859. The summed E-state index contributed by atoms with van der Waals surface area (Å²) in [6.07, 6.45) is 0. The van der Waals surface area contributed by atoms with Gasteiger partial charge in [-0.25, -0.2) is 4.68 Å². The Hall–Kier alpha value is -1.18. The monoisotopic (exact) mass is 366 g/mol. The quantitative estimate of drug-likeness (QED) is 0.643. The van der Waals surface area contributed by atoms with E-state index in [2.05, 4.69) is 55.0 Å². The van der Waals surface area contributed by atoms with Gasteiger partial charge in [0.2, 0.25) is 5.16 Å². The molecule has 7 heteroatoms. The van der Waals surface area contributed by atoms with Gasteiger partial charge in [-0.15, -0.1) is 16.4 Å². The minimum Gasteiger partial charge on any atom is -0.215 e. The highest BCUT2D eigenvalue weighted by Gasteiger charge is 2.08. The second kappa shape index (κ2) is 6.51. The molecule has 0 aliphatic rings. The molecule has 0 fully saturated rings. The van der Waals surface area contributed by atoms with Crippen LogP contribution in [0.15, 0.2) is 51.4 Å².